The Bertz CT molecular complexity index is 1930. The second kappa shape index (κ2) is 11.4. The number of benzene rings is 2. The van der Waals surface area contributed by atoms with E-state index in [9.17, 15) is 14.0 Å². The summed E-state index contributed by atoms with van der Waals surface area (Å²) in [7, 11) is 0. The molecule has 4 aromatic rings. The second-order valence-corrected chi connectivity index (χ2v) is 14.3. The predicted octanol–water partition coefficient (Wildman–Crippen LogP) is 6.72. The van der Waals surface area contributed by atoms with Gasteiger partial charge in [0, 0.05) is 29.8 Å². The Balaban J connectivity index is 1.34. The van der Waals surface area contributed by atoms with Gasteiger partial charge in [-0.1, -0.05) is 17.7 Å². The number of rotatable bonds is 5. The summed E-state index contributed by atoms with van der Waals surface area (Å²) in [6.45, 7) is 3.45. The fourth-order valence-corrected chi connectivity index (χ4v) is 9.55. The van der Waals surface area contributed by atoms with Crippen molar-refractivity contribution in [3.05, 3.63) is 40.0 Å². The maximum atomic E-state index is 17.1. The minimum atomic E-state index is -0.922. The van der Waals surface area contributed by atoms with Crippen LogP contribution in [0.4, 0.5) is 18.2 Å². The van der Waals surface area contributed by atoms with E-state index in [0.717, 1.165) is 56.7 Å². The average Bonchev–Trinajstić information content (AvgIpc) is 3.65. The SMILES string of the molecule is N#Cc1c(N)sc2c(F)ccc(-c3c(Cl)c4c5c(nc(OCC67CCCN6C[C@H](F)C7)nc5c3F)C(C3CCNCC3)CCO4)c12. The van der Waals surface area contributed by atoms with E-state index in [1.807, 2.05) is 6.07 Å². The van der Waals surface area contributed by atoms with Crippen LogP contribution in [0.15, 0.2) is 12.1 Å². The Morgan fingerprint density at radius 3 is 2.85 bits per heavy atom. The van der Waals surface area contributed by atoms with E-state index in [2.05, 4.69) is 15.2 Å². The first-order valence-electron chi connectivity index (χ1n) is 15.8. The lowest BCUT2D eigenvalue weighted by atomic mass is 9.80. The van der Waals surface area contributed by atoms with E-state index >= 15 is 4.39 Å². The van der Waals surface area contributed by atoms with E-state index < -0.39 is 23.3 Å². The minimum absolute atomic E-state index is 0.00326. The van der Waals surface area contributed by atoms with Crippen molar-refractivity contribution in [2.24, 2.45) is 5.92 Å². The summed E-state index contributed by atoms with van der Waals surface area (Å²) in [5.74, 6) is -0.852. The van der Waals surface area contributed by atoms with Crippen molar-refractivity contribution in [1.29, 1.82) is 5.26 Å². The number of hydrogen-bond acceptors (Lipinski definition) is 9. The summed E-state index contributed by atoms with van der Waals surface area (Å²) in [6.07, 6.45) is 3.71. The number of nitrogen functional groups attached to an aromatic ring is 1. The van der Waals surface area contributed by atoms with Gasteiger partial charge in [-0.2, -0.15) is 15.2 Å². The molecule has 3 fully saturated rings. The van der Waals surface area contributed by atoms with E-state index in [4.69, 9.17) is 31.8 Å². The first kappa shape index (κ1) is 30.0. The molecule has 46 heavy (non-hydrogen) atoms. The highest BCUT2D eigenvalue weighted by atomic mass is 35.5. The van der Waals surface area contributed by atoms with Crippen molar-refractivity contribution in [2.75, 3.05) is 45.1 Å². The standard InChI is InChI=1S/C33H32ClF3N6O2S/c34-25-23(19-2-3-21(36)30-22(19)20(13-38)31(39)46-30)26(37)28-24-27(18(6-11-44-29(24)25)16-4-8-40-9-5-16)41-32(42-28)45-15-33-7-1-10-43(33)14-17(35)12-33/h2-3,16-18,40H,1,4-12,14-15,39H2/t17-,18?,33?/m1/s1. The monoisotopic (exact) mass is 668 g/mol. The second-order valence-electron chi connectivity index (χ2n) is 12.9. The minimum Gasteiger partial charge on any atom is -0.491 e. The van der Waals surface area contributed by atoms with Gasteiger partial charge in [-0.15, -0.1) is 11.3 Å². The largest absolute Gasteiger partial charge is 0.491 e. The molecule has 2 aromatic carbocycles. The van der Waals surface area contributed by atoms with E-state index in [0.29, 0.717) is 37.1 Å². The summed E-state index contributed by atoms with van der Waals surface area (Å²) in [5.41, 5.74) is 6.47. The lowest BCUT2D eigenvalue weighted by Gasteiger charge is -2.31. The lowest BCUT2D eigenvalue weighted by molar-refractivity contribution is 0.107. The number of thiophene rings is 1. The Hall–Kier alpha value is -3.37. The van der Waals surface area contributed by atoms with Crippen molar-refractivity contribution in [2.45, 2.75) is 56.2 Å². The molecule has 0 amide bonds. The van der Waals surface area contributed by atoms with Crippen LogP contribution in [0.1, 0.15) is 55.7 Å². The van der Waals surface area contributed by atoms with Crippen LogP contribution < -0.4 is 20.5 Å². The summed E-state index contributed by atoms with van der Waals surface area (Å²) < 4.78 is 59.3. The van der Waals surface area contributed by atoms with Crippen LogP contribution in [-0.4, -0.2) is 66.0 Å². The molecule has 13 heteroatoms. The molecule has 0 aliphatic carbocycles. The van der Waals surface area contributed by atoms with Gasteiger partial charge in [0.25, 0.3) is 0 Å². The number of anilines is 1. The predicted molar refractivity (Wildman–Crippen MR) is 171 cm³/mol. The van der Waals surface area contributed by atoms with Crippen molar-refractivity contribution >= 4 is 48.9 Å². The van der Waals surface area contributed by atoms with Crippen molar-refractivity contribution < 1.29 is 22.6 Å². The third-order valence-corrected chi connectivity index (χ3v) is 11.8. The van der Waals surface area contributed by atoms with Crippen molar-refractivity contribution in [3.63, 3.8) is 0 Å². The highest BCUT2D eigenvalue weighted by Gasteiger charge is 2.49. The van der Waals surface area contributed by atoms with E-state index in [1.54, 1.807) is 0 Å². The summed E-state index contributed by atoms with van der Waals surface area (Å²) in [5, 5.41) is 14.0. The Kier molecular flexibility index (Phi) is 7.44. The molecule has 8 rings (SSSR count). The first-order valence-corrected chi connectivity index (χ1v) is 17.0. The van der Waals surface area contributed by atoms with Gasteiger partial charge in [0.15, 0.2) is 5.82 Å². The molecule has 3 saturated heterocycles. The normalized spacial score (nSPS) is 25.0. The number of aromatic nitrogens is 2. The number of alkyl halides is 1. The van der Waals surface area contributed by atoms with Gasteiger partial charge < -0.3 is 20.5 Å². The molecule has 4 aliphatic rings. The molecule has 240 valence electrons. The smallest absolute Gasteiger partial charge is 0.317 e. The fraction of sp³-hybridized carbons (Fsp3) is 0.485. The maximum absolute atomic E-state index is 17.1. The quantitative estimate of drug-likeness (QED) is 0.241. The highest BCUT2D eigenvalue weighted by molar-refractivity contribution is 7.23. The van der Waals surface area contributed by atoms with Gasteiger partial charge >= 0.3 is 6.01 Å². The van der Waals surface area contributed by atoms with Crippen LogP contribution in [0.25, 0.3) is 32.1 Å². The van der Waals surface area contributed by atoms with Gasteiger partial charge in [0.05, 0.1) is 38.5 Å². The van der Waals surface area contributed by atoms with E-state index in [-0.39, 0.29) is 72.5 Å². The molecule has 4 aliphatic heterocycles. The highest BCUT2D eigenvalue weighted by Crippen LogP contribution is 2.52. The van der Waals surface area contributed by atoms with Crippen molar-refractivity contribution in [1.82, 2.24) is 20.2 Å². The summed E-state index contributed by atoms with van der Waals surface area (Å²) >= 11 is 7.96. The van der Waals surface area contributed by atoms with Crippen molar-refractivity contribution in [3.8, 4) is 29.0 Å². The molecule has 3 atom stereocenters. The zero-order valence-electron chi connectivity index (χ0n) is 25.0. The number of nitriles is 1. The van der Waals surface area contributed by atoms with Crippen LogP contribution in [0.3, 0.4) is 0 Å². The van der Waals surface area contributed by atoms with Crippen LogP contribution in [0.5, 0.6) is 11.8 Å². The molecule has 0 radical (unpaired) electrons. The number of piperidine rings is 1. The van der Waals surface area contributed by atoms with E-state index in [1.165, 1.54) is 12.1 Å². The Morgan fingerprint density at radius 1 is 1.22 bits per heavy atom. The van der Waals surface area contributed by atoms with Gasteiger partial charge in [-0.3, -0.25) is 4.90 Å². The third-order valence-electron chi connectivity index (χ3n) is 10.4. The summed E-state index contributed by atoms with van der Waals surface area (Å²) in [4.78, 5) is 11.7. The number of nitrogens with one attached hydrogen (secondary N) is 1. The van der Waals surface area contributed by atoms with Gasteiger partial charge in [0.1, 0.15) is 40.9 Å². The molecule has 0 bridgehead atoms. The molecule has 2 unspecified atom stereocenters. The molecule has 0 spiro atoms. The van der Waals surface area contributed by atoms with Gasteiger partial charge in [0.2, 0.25) is 0 Å². The number of nitrogens with zero attached hydrogens (tertiary/aromatic N) is 4. The molecular weight excluding hydrogens is 637 g/mol. The molecule has 2 aromatic heterocycles. The number of hydrogen-bond donors (Lipinski definition) is 2. The molecule has 3 N–H and O–H groups in total. The van der Waals surface area contributed by atoms with Crippen LogP contribution in [0, 0.1) is 28.9 Å². The van der Waals surface area contributed by atoms with Gasteiger partial charge in [-0.05, 0) is 69.3 Å². The van der Waals surface area contributed by atoms with Gasteiger partial charge in [-0.25, -0.2) is 13.2 Å². The Morgan fingerprint density at radius 2 is 2.04 bits per heavy atom. The fourth-order valence-electron chi connectivity index (χ4n) is 8.27. The summed E-state index contributed by atoms with van der Waals surface area (Å²) in [6, 6.07) is 4.69. The zero-order chi connectivity index (χ0) is 31.7. The first-order chi connectivity index (χ1) is 22.3. The zero-order valence-corrected chi connectivity index (χ0v) is 26.5. The molecule has 8 nitrogen and oxygen atoms in total. The molecule has 0 saturated carbocycles. The van der Waals surface area contributed by atoms with Crippen LogP contribution >= 0.6 is 22.9 Å². The number of halogens is 4. The van der Waals surface area contributed by atoms with Crippen LogP contribution in [-0.2, 0) is 0 Å². The lowest BCUT2D eigenvalue weighted by Crippen LogP contribution is -2.43. The van der Waals surface area contributed by atoms with Crippen LogP contribution in [0.2, 0.25) is 5.02 Å². The number of nitrogens with two attached hydrogens (primary N) is 1. The number of ether oxygens (including phenoxy) is 2. The molecule has 6 heterocycles. The maximum Gasteiger partial charge on any atom is 0.317 e. The third kappa shape index (κ3) is 4.61. The Labute approximate surface area is 272 Å². The average molecular weight is 669 g/mol. The molecular formula is C33H32ClF3N6O2S. The number of fused-ring (bicyclic) bond motifs is 2. The topological polar surface area (TPSA) is 109 Å².